The molecule has 2 aliphatic rings. The van der Waals surface area contributed by atoms with Crippen LogP contribution in [0.4, 0.5) is 0 Å². The van der Waals surface area contributed by atoms with E-state index in [4.69, 9.17) is 4.74 Å². The Morgan fingerprint density at radius 2 is 1.69 bits per heavy atom. The van der Waals surface area contributed by atoms with Crippen molar-refractivity contribution in [3.63, 3.8) is 0 Å². The van der Waals surface area contributed by atoms with Crippen molar-refractivity contribution in [3.05, 3.63) is 34.9 Å². The Morgan fingerprint density at radius 3 is 2.34 bits per heavy atom. The van der Waals surface area contributed by atoms with Crippen LogP contribution in [-0.4, -0.2) is 86.9 Å². The number of amides is 1. The zero-order valence-corrected chi connectivity index (χ0v) is 18.4. The number of ether oxygens (including phenoxy) is 1. The molecule has 29 heavy (non-hydrogen) atoms. The second-order valence-electron chi connectivity index (χ2n) is 7.84. The molecule has 0 aromatic heterocycles. The van der Waals surface area contributed by atoms with E-state index in [2.05, 4.69) is 23.5 Å². The fourth-order valence-electron chi connectivity index (χ4n) is 3.85. The van der Waals surface area contributed by atoms with E-state index < -0.39 is 10.2 Å². The lowest BCUT2D eigenvalue weighted by molar-refractivity contribution is -0.123. The van der Waals surface area contributed by atoms with Gasteiger partial charge in [0.2, 0.25) is 5.91 Å². The number of nitrogens with zero attached hydrogens (tertiary/aromatic N) is 3. The number of aryl methyl sites for hydroxylation is 2. The number of morpholine rings is 1. The van der Waals surface area contributed by atoms with Gasteiger partial charge in [-0.15, -0.1) is 0 Å². The number of hydrogen-bond acceptors (Lipinski definition) is 5. The van der Waals surface area contributed by atoms with Gasteiger partial charge >= 0.3 is 0 Å². The third kappa shape index (κ3) is 5.55. The van der Waals surface area contributed by atoms with Crippen LogP contribution >= 0.6 is 0 Å². The van der Waals surface area contributed by atoms with E-state index in [1.165, 1.54) is 14.2 Å². The van der Waals surface area contributed by atoms with Gasteiger partial charge in [0.15, 0.2) is 0 Å². The fraction of sp³-hybridized carbons (Fsp3) is 0.650. The van der Waals surface area contributed by atoms with Gasteiger partial charge in [-0.05, 0) is 31.9 Å². The molecule has 0 saturated carbocycles. The summed E-state index contributed by atoms with van der Waals surface area (Å²) in [5, 5.41) is 3.07. The summed E-state index contributed by atoms with van der Waals surface area (Å²) in [6, 6.07) is 6.18. The number of hydrogen-bond donors (Lipinski definition) is 1. The zero-order chi connectivity index (χ0) is 21.0. The lowest BCUT2D eigenvalue weighted by atomic mass is 10.00. The predicted molar refractivity (Wildman–Crippen MR) is 112 cm³/mol. The first kappa shape index (κ1) is 22.2. The minimum Gasteiger partial charge on any atom is -0.379 e. The highest BCUT2D eigenvalue weighted by Gasteiger charge is 2.33. The van der Waals surface area contributed by atoms with Gasteiger partial charge in [-0.2, -0.15) is 17.0 Å². The first-order valence-corrected chi connectivity index (χ1v) is 11.6. The van der Waals surface area contributed by atoms with Gasteiger partial charge in [-0.25, -0.2) is 0 Å². The number of carbonyl (C=O) groups excluding carboxylic acids is 1. The van der Waals surface area contributed by atoms with Crippen LogP contribution in [0.1, 0.15) is 29.7 Å². The molecule has 0 bridgehead atoms. The summed E-state index contributed by atoms with van der Waals surface area (Å²) in [6.45, 7) is 9.96. The normalized spacial score (nSPS) is 21.1. The summed E-state index contributed by atoms with van der Waals surface area (Å²) in [6.07, 6.45) is 0. The third-order valence-electron chi connectivity index (χ3n) is 5.60. The van der Waals surface area contributed by atoms with Crippen LogP contribution in [0.25, 0.3) is 0 Å². The highest BCUT2D eigenvalue weighted by atomic mass is 32.2. The predicted octanol–water partition coefficient (Wildman–Crippen LogP) is 0.675. The Labute approximate surface area is 174 Å². The first-order valence-electron chi connectivity index (χ1n) is 10.2. The number of carbonyl (C=O) groups is 1. The van der Waals surface area contributed by atoms with E-state index in [1.54, 1.807) is 0 Å². The van der Waals surface area contributed by atoms with Crippen molar-refractivity contribution in [2.24, 2.45) is 0 Å². The Bertz CT molecular complexity index is 816. The maximum Gasteiger partial charge on any atom is 0.282 e. The molecular weight excluding hydrogens is 392 g/mol. The monoisotopic (exact) mass is 424 g/mol. The molecule has 2 heterocycles. The summed E-state index contributed by atoms with van der Waals surface area (Å²) in [4.78, 5) is 14.5. The second-order valence-corrected chi connectivity index (χ2v) is 9.77. The molecular formula is C20H32N4O4S. The molecule has 8 nitrogen and oxygen atoms in total. The van der Waals surface area contributed by atoms with Crippen molar-refractivity contribution in [1.82, 2.24) is 18.8 Å². The number of piperazine rings is 1. The van der Waals surface area contributed by atoms with Crippen LogP contribution in [0, 0.1) is 13.8 Å². The molecule has 2 aliphatic heterocycles. The molecule has 1 aromatic rings. The molecule has 1 N–H and O–H groups in total. The minimum absolute atomic E-state index is 0.0390. The van der Waals surface area contributed by atoms with Crippen molar-refractivity contribution in [2.45, 2.75) is 26.8 Å². The summed E-state index contributed by atoms with van der Waals surface area (Å²) in [7, 11) is -3.44. The quantitative estimate of drug-likeness (QED) is 0.726. The van der Waals surface area contributed by atoms with Crippen molar-refractivity contribution in [1.29, 1.82) is 0 Å². The van der Waals surface area contributed by atoms with Gasteiger partial charge in [0.05, 0.1) is 25.8 Å². The average molecular weight is 425 g/mol. The van der Waals surface area contributed by atoms with Crippen LogP contribution in [0.2, 0.25) is 0 Å². The molecule has 1 atom stereocenters. The molecule has 1 unspecified atom stereocenters. The van der Waals surface area contributed by atoms with Crippen LogP contribution in [0.5, 0.6) is 0 Å². The van der Waals surface area contributed by atoms with Crippen molar-refractivity contribution < 1.29 is 17.9 Å². The molecule has 1 aromatic carbocycles. The van der Waals surface area contributed by atoms with Gasteiger partial charge in [-0.1, -0.05) is 23.8 Å². The average Bonchev–Trinajstić information content (AvgIpc) is 2.70. The summed E-state index contributed by atoms with van der Waals surface area (Å²) >= 11 is 0. The van der Waals surface area contributed by atoms with Crippen molar-refractivity contribution in [2.75, 3.05) is 59.0 Å². The first-order chi connectivity index (χ1) is 13.8. The lowest BCUT2D eigenvalue weighted by Crippen LogP contribution is -2.55. The van der Waals surface area contributed by atoms with E-state index in [0.717, 1.165) is 11.1 Å². The Kier molecular flexibility index (Phi) is 7.28. The van der Waals surface area contributed by atoms with E-state index in [-0.39, 0.29) is 18.5 Å². The standard InChI is InChI=1S/C20H32N4O4S/c1-16-4-5-17(2)19(14-16)18(3)21-20(25)15-22-6-8-23(9-7-22)29(26,27)24-10-12-28-13-11-24/h4-5,14,18H,6-13,15H2,1-3H3,(H,21,25). The van der Waals surface area contributed by atoms with E-state index >= 15 is 0 Å². The Balaban J connectivity index is 1.49. The van der Waals surface area contributed by atoms with E-state index in [0.29, 0.717) is 52.5 Å². The van der Waals surface area contributed by atoms with Gasteiger partial charge in [0, 0.05) is 39.3 Å². The van der Waals surface area contributed by atoms with E-state index in [9.17, 15) is 13.2 Å². The largest absolute Gasteiger partial charge is 0.379 e. The van der Waals surface area contributed by atoms with Gasteiger partial charge in [0.25, 0.3) is 10.2 Å². The smallest absolute Gasteiger partial charge is 0.282 e. The summed E-state index contributed by atoms with van der Waals surface area (Å²) in [5.41, 5.74) is 3.45. The molecule has 2 fully saturated rings. The Hall–Kier alpha value is -1.52. The molecule has 0 radical (unpaired) electrons. The van der Waals surface area contributed by atoms with Gasteiger partial charge in [-0.3, -0.25) is 9.69 Å². The summed E-state index contributed by atoms with van der Waals surface area (Å²) < 4.78 is 33.7. The molecule has 3 rings (SSSR count). The third-order valence-corrected chi connectivity index (χ3v) is 7.64. The molecule has 0 aliphatic carbocycles. The number of rotatable bonds is 6. The second kappa shape index (κ2) is 9.53. The number of benzene rings is 1. The van der Waals surface area contributed by atoms with E-state index in [1.807, 2.05) is 25.7 Å². The Morgan fingerprint density at radius 1 is 1.07 bits per heavy atom. The van der Waals surface area contributed by atoms with Crippen LogP contribution in [0.15, 0.2) is 18.2 Å². The van der Waals surface area contributed by atoms with Crippen LogP contribution in [0.3, 0.4) is 0 Å². The maximum atomic E-state index is 12.7. The fourth-order valence-corrected chi connectivity index (χ4v) is 5.42. The molecule has 162 valence electrons. The highest BCUT2D eigenvalue weighted by molar-refractivity contribution is 7.86. The van der Waals surface area contributed by atoms with Gasteiger partial charge < -0.3 is 10.1 Å². The van der Waals surface area contributed by atoms with Crippen molar-refractivity contribution >= 4 is 16.1 Å². The molecule has 1 amide bonds. The topological polar surface area (TPSA) is 82.2 Å². The molecule has 0 spiro atoms. The van der Waals surface area contributed by atoms with Gasteiger partial charge in [0.1, 0.15) is 0 Å². The van der Waals surface area contributed by atoms with Crippen LogP contribution < -0.4 is 5.32 Å². The summed E-state index contributed by atoms with van der Waals surface area (Å²) in [5.74, 6) is -0.0390. The SMILES string of the molecule is Cc1ccc(C)c(C(C)NC(=O)CN2CCN(S(=O)(=O)N3CCOCC3)CC2)c1. The van der Waals surface area contributed by atoms with Crippen LogP contribution in [-0.2, 0) is 19.7 Å². The minimum atomic E-state index is -3.44. The molecule has 9 heteroatoms. The highest BCUT2D eigenvalue weighted by Crippen LogP contribution is 2.19. The lowest BCUT2D eigenvalue weighted by Gasteiger charge is -2.37. The maximum absolute atomic E-state index is 12.7. The van der Waals surface area contributed by atoms with Crippen molar-refractivity contribution in [3.8, 4) is 0 Å². The molecule has 2 saturated heterocycles. The zero-order valence-electron chi connectivity index (χ0n) is 17.6. The number of nitrogens with one attached hydrogen (secondary N) is 1.